The minimum absolute atomic E-state index is 0.0683. The highest BCUT2D eigenvalue weighted by atomic mass is 16.5. The Labute approximate surface area is 130 Å². The molecule has 0 aromatic heterocycles. The van der Waals surface area contributed by atoms with E-state index < -0.39 is 0 Å². The molecule has 1 aliphatic carbocycles. The Morgan fingerprint density at radius 3 is 2.68 bits per heavy atom. The van der Waals surface area contributed by atoms with Crippen LogP contribution in [-0.4, -0.2) is 31.0 Å². The largest absolute Gasteiger partial charge is 0.482 e. The van der Waals surface area contributed by atoms with Crippen molar-refractivity contribution in [1.29, 1.82) is 0 Å². The van der Waals surface area contributed by atoms with Gasteiger partial charge in [-0.2, -0.15) is 0 Å². The summed E-state index contributed by atoms with van der Waals surface area (Å²) >= 11 is 0. The molecule has 1 fully saturated rings. The van der Waals surface area contributed by atoms with Crippen LogP contribution in [0.15, 0.2) is 18.2 Å². The predicted molar refractivity (Wildman–Crippen MR) is 84.8 cm³/mol. The van der Waals surface area contributed by atoms with Gasteiger partial charge in [-0.15, -0.1) is 0 Å². The fraction of sp³-hybridized carbons (Fsp3) is 0.500. The van der Waals surface area contributed by atoms with E-state index in [1.165, 1.54) is 12.8 Å². The second kappa shape index (κ2) is 7.68. The molecule has 0 heterocycles. The van der Waals surface area contributed by atoms with Gasteiger partial charge in [-0.25, -0.2) is 0 Å². The van der Waals surface area contributed by atoms with E-state index in [-0.39, 0.29) is 24.5 Å². The van der Waals surface area contributed by atoms with Crippen LogP contribution < -0.4 is 21.1 Å². The van der Waals surface area contributed by atoms with Crippen molar-refractivity contribution in [2.24, 2.45) is 0 Å². The van der Waals surface area contributed by atoms with Crippen molar-refractivity contribution in [3.63, 3.8) is 0 Å². The lowest BCUT2D eigenvalue weighted by atomic mass is 10.2. The van der Waals surface area contributed by atoms with Gasteiger partial charge in [0.15, 0.2) is 6.61 Å². The van der Waals surface area contributed by atoms with Crippen LogP contribution in [0.5, 0.6) is 5.75 Å². The van der Waals surface area contributed by atoms with Crippen LogP contribution in [0.3, 0.4) is 0 Å². The Hall–Kier alpha value is -2.24. The fourth-order valence-electron chi connectivity index (χ4n) is 2.57. The SMILES string of the molecule is CCNC(=O)c1ccc(OCC(=O)NC2CCCC2)c(N)c1. The van der Waals surface area contributed by atoms with E-state index in [0.29, 0.717) is 23.5 Å². The summed E-state index contributed by atoms with van der Waals surface area (Å²) in [6.07, 6.45) is 4.41. The molecule has 0 aliphatic heterocycles. The second-order valence-electron chi connectivity index (χ2n) is 5.45. The van der Waals surface area contributed by atoms with Crippen LogP contribution in [-0.2, 0) is 4.79 Å². The van der Waals surface area contributed by atoms with Crippen molar-refractivity contribution in [1.82, 2.24) is 10.6 Å². The van der Waals surface area contributed by atoms with Gasteiger partial charge in [-0.3, -0.25) is 9.59 Å². The molecular weight excluding hydrogens is 282 g/mol. The van der Waals surface area contributed by atoms with E-state index in [9.17, 15) is 9.59 Å². The smallest absolute Gasteiger partial charge is 0.258 e. The van der Waals surface area contributed by atoms with Gasteiger partial charge < -0.3 is 21.1 Å². The topological polar surface area (TPSA) is 93.4 Å². The van der Waals surface area contributed by atoms with Gasteiger partial charge in [0, 0.05) is 18.2 Å². The van der Waals surface area contributed by atoms with Gasteiger partial charge >= 0.3 is 0 Å². The first-order valence-corrected chi connectivity index (χ1v) is 7.70. The molecule has 22 heavy (non-hydrogen) atoms. The highest BCUT2D eigenvalue weighted by molar-refractivity contribution is 5.95. The number of nitrogens with two attached hydrogens (primary N) is 1. The summed E-state index contributed by atoms with van der Waals surface area (Å²) in [5.41, 5.74) is 6.69. The molecule has 2 rings (SSSR count). The van der Waals surface area contributed by atoms with Crippen molar-refractivity contribution in [3.8, 4) is 5.75 Å². The van der Waals surface area contributed by atoms with Gasteiger partial charge in [0.2, 0.25) is 0 Å². The highest BCUT2D eigenvalue weighted by Crippen LogP contribution is 2.22. The van der Waals surface area contributed by atoms with Crippen molar-refractivity contribution >= 4 is 17.5 Å². The summed E-state index contributed by atoms with van der Waals surface area (Å²) in [7, 11) is 0. The molecule has 1 aliphatic rings. The molecule has 1 aromatic rings. The molecule has 1 saturated carbocycles. The third kappa shape index (κ3) is 4.38. The van der Waals surface area contributed by atoms with Crippen molar-refractivity contribution in [2.75, 3.05) is 18.9 Å². The zero-order valence-electron chi connectivity index (χ0n) is 12.9. The summed E-state index contributed by atoms with van der Waals surface area (Å²) in [6.45, 7) is 2.33. The molecule has 120 valence electrons. The average Bonchev–Trinajstić information content (AvgIpc) is 2.99. The summed E-state index contributed by atoms with van der Waals surface area (Å²) in [5.74, 6) is 0.0912. The second-order valence-corrected chi connectivity index (χ2v) is 5.45. The molecule has 0 saturated heterocycles. The molecule has 2 amide bonds. The number of amides is 2. The van der Waals surface area contributed by atoms with Gasteiger partial charge in [-0.1, -0.05) is 12.8 Å². The maximum Gasteiger partial charge on any atom is 0.258 e. The van der Waals surface area contributed by atoms with E-state index in [1.807, 2.05) is 6.92 Å². The van der Waals surface area contributed by atoms with Crippen LogP contribution in [0, 0.1) is 0 Å². The van der Waals surface area contributed by atoms with E-state index in [2.05, 4.69) is 10.6 Å². The van der Waals surface area contributed by atoms with Crippen LogP contribution in [0.1, 0.15) is 43.0 Å². The number of nitrogens with one attached hydrogen (secondary N) is 2. The van der Waals surface area contributed by atoms with Crippen molar-refractivity contribution in [2.45, 2.75) is 38.6 Å². The molecule has 4 N–H and O–H groups in total. The average molecular weight is 305 g/mol. The molecule has 0 unspecified atom stereocenters. The van der Waals surface area contributed by atoms with Gasteiger partial charge in [0.05, 0.1) is 5.69 Å². The van der Waals surface area contributed by atoms with E-state index in [1.54, 1.807) is 18.2 Å². The maximum atomic E-state index is 11.8. The Morgan fingerprint density at radius 2 is 2.05 bits per heavy atom. The van der Waals surface area contributed by atoms with Crippen molar-refractivity contribution < 1.29 is 14.3 Å². The zero-order chi connectivity index (χ0) is 15.9. The van der Waals surface area contributed by atoms with Crippen molar-refractivity contribution in [3.05, 3.63) is 23.8 Å². The standard InChI is InChI=1S/C16H23N3O3/c1-2-18-16(21)11-7-8-14(13(17)9-11)22-10-15(20)19-12-5-3-4-6-12/h7-9,12H,2-6,10,17H2,1H3,(H,18,21)(H,19,20). The lowest BCUT2D eigenvalue weighted by Crippen LogP contribution is -2.36. The first-order chi connectivity index (χ1) is 10.6. The molecule has 1 aromatic carbocycles. The first kappa shape index (κ1) is 16.1. The number of benzene rings is 1. The molecule has 0 atom stereocenters. The number of anilines is 1. The molecular formula is C16H23N3O3. The Kier molecular flexibility index (Phi) is 5.63. The fourth-order valence-corrected chi connectivity index (χ4v) is 2.57. The third-order valence-electron chi connectivity index (χ3n) is 3.69. The number of nitrogen functional groups attached to an aromatic ring is 1. The Morgan fingerprint density at radius 1 is 1.32 bits per heavy atom. The number of ether oxygens (including phenoxy) is 1. The highest BCUT2D eigenvalue weighted by Gasteiger charge is 2.17. The van der Waals surface area contributed by atoms with Crippen LogP contribution in [0.2, 0.25) is 0 Å². The third-order valence-corrected chi connectivity index (χ3v) is 3.69. The molecule has 6 nitrogen and oxygen atoms in total. The van der Waals surface area contributed by atoms with Gasteiger partial charge in [0.25, 0.3) is 11.8 Å². The summed E-state index contributed by atoms with van der Waals surface area (Å²) in [5, 5.41) is 5.65. The summed E-state index contributed by atoms with van der Waals surface area (Å²) < 4.78 is 5.43. The summed E-state index contributed by atoms with van der Waals surface area (Å²) in [4.78, 5) is 23.5. The number of hydrogen-bond donors (Lipinski definition) is 3. The van der Waals surface area contributed by atoms with E-state index >= 15 is 0 Å². The monoisotopic (exact) mass is 305 g/mol. The van der Waals surface area contributed by atoms with E-state index in [4.69, 9.17) is 10.5 Å². The number of hydrogen-bond acceptors (Lipinski definition) is 4. The van der Waals surface area contributed by atoms with Crippen LogP contribution >= 0.6 is 0 Å². The quantitative estimate of drug-likeness (QED) is 0.694. The lowest BCUT2D eigenvalue weighted by Gasteiger charge is -2.13. The molecule has 0 radical (unpaired) electrons. The first-order valence-electron chi connectivity index (χ1n) is 7.70. The zero-order valence-corrected chi connectivity index (χ0v) is 12.9. The van der Waals surface area contributed by atoms with E-state index in [0.717, 1.165) is 12.8 Å². The lowest BCUT2D eigenvalue weighted by molar-refractivity contribution is -0.123. The predicted octanol–water partition coefficient (Wildman–Crippen LogP) is 1.46. The Bertz CT molecular complexity index is 539. The molecule has 0 spiro atoms. The number of rotatable bonds is 6. The molecule has 6 heteroatoms. The van der Waals surface area contributed by atoms with Gasteiger partial charge in [0.1, 0.15) is 5.75 Å². The number of carbonyl (C=O) groups excluding carboxylic acids is 2. The normalized spacial score (nSPS) is 14.6. The van der Waals surface area contributed by atoms with Crippen LogP contribution in [0.4, 0.5) is 5.69 Å². The Balaban J connectivity index is 1.87. The number of carbonyl (C=O) groups is 2. The summed E-state index contributed by atoms with van der Waals surface area (Å²) in [6, 6.07) is 5.07. The van der Waals surface area contributed by atoms with Gasteiger partial charge in [-0.05, 0) is 38.0 Å². The minimum Gasteiger partial charge on any atom is -0.482 e. The maximum absolute atomic E-state index is 11.8. The van der Waals surface area contributed by atoms with Crippen LogP contribution in [0.25, 0.3) is 0 Å². The minimum atomic E-state index is -0.181. The molecule has 0 bridgehead atoms.